The van der Waals surface area contributed by atoms with Crippen molar-refractivity contribution >= 4 is 27.6 Å². The lowest BCUT2D eigenvalue weighted by Gasteiger charge is -2.14. The third-order valence-electron chi connectivity index (χ3n) is 2.63. The molecule has 0 radical (unpaired) electrons. The summed E-state index contributed by atoms with van der Waals surface area (Å²) >= 11 is 3.35. The molecule has 0 saturated carbocycles. The van der Waals surface area contributed by atoms with Gasteiger partial charge in [0.1, 0.15) is 0 Å². The number of urea groups is 1. The van der Waals surface area contributed by atoms with Gasteiger partial charge >= 0.3 is 6.03 Å². The minimum absolute atomic E-state index is 0.0934. The molecule has 0 aliphatic carbocycles. The molecule has 0 saturated heterocycles. The summed E-state index contributed by atoms with van der Waals surface area (Å²) in [5.41, 5.74) is 1.72. The Labute approximate surface area is 120 Å². The first-order valence-electron chi connectivity index (χ1n) is 5.88. The van der Waals surface area contributed by atoms with Crippen LogP contribution in [0.4, 0.5) is 10.5 Å². The van der Waals surface area contributed by atoms with Crippen LogP contribution in [0, 0.1) is 0 Å². The summed E-state index contributed by atoms with van der Waals surface area (Å²) < 4.78 is 0.974. The summed E-state index contributed by atoms with van der Waals surface area (Å²) in [6.07, 6.45) is 3.45. The summed E-state index contributed by atoms with van der Waals surface area (Å²) in [6, 6.07) is 10.9. The summed E-state index contributed by atoms with van der Waals surface area (Å²) in [7, 11) is 0. The molecule has 0 spiro atoms. The highest BCUT2D eigenvalue weighted by Crippen LogP contribution is 2.15. The van der Waals surface area contributed by atoms with Gasteiger partial charge in [0, 0.05) is 22.6 Å². The molecular weight excluding hydrogens is 306 g/mol. The Balaban J connectivity index is 1.93. The Morgan fingerprint density at radius 1 is 1.26 bits per heavy atom. The van der Waals surface area contributed by atoms with Crippen LogP contribution in [0.1, 0.15) is 18.5 Å². The van der Waals surface area contributed by atoms with Gasteiger partial charge in [0.2, 0.25) is 0 Å². The van der Waals surface area contributed by atoms with Crippen LogP contribution >= 0.6 is 15.9 Å². The second-order valence-corrected chi connectivity index (χ2v) is 5.03. The molecule has 2 aromatic rings. The Bertz CT molecular complexity index is 542. The Hall–Kier alpha value is -1.88. The highest BCUT2D eigenvalue weighted by molar-refractivity contribution is 9.10. The largest absolute Gasteiger partial charge is 0.331 e. The molecule has 1 atom stereocenters. The number of rotatable bonds is 3. The van der Waals surface area contributed by atoms with Crippen LogP contribution in [0.2, 0.25) is 0 Å². The average molecular weight is 320 g/mol. The van der Waals surface area contributed by atoms with Crippen molar-refractivity contribution in [3.63, 3.8) is 0 Å². The molecule has 0 unspecified atom stereocenters. The third-order valence-corrected chi connectivity index (χ3v) is 3.16. The highest BCUT2D eigenvalue weighted by Gasteiger charge is 2.09. The predicted molar refractivity (Wildman–Crippen MR) is 78.9 cm³/mol. The van der Waals surface area contributed by atoms with E-state index in [1.54, 1.807) is 12.4 Å². The van der Waals surface area contributed by atoms with E-state index in [0.29, 0.717) is 0 Å². The zero-order valence-electron chi connectivity index (χ0n) is 10.4. The van der Waals surface area contributed by atoms with Crippen LogP contribution in [-0.2, 0) is 0 Å². The first kappa shape index (κ1) is 13.5. The van der Waals surface area contributed by atoms with E-state index in [1.165, 1.54) is 0 Å². The lowest BCUT2D eigenvalue weighted by atomic mass is 10.1. The average Bonchev–Trinajstić information content (AvgIpc) is 2.42. The third kappa shape index (κ3) is 4.06. The Morgan fingerprint density at radius 2 is 2.00 bits per heavy atom. The molecular formula is C14H14BrN3O. The van der Waals surface area contributed by atoms with Gasteiger partial charge in [0.15, 0.2) is 0 Å². The second kappa shape index (κ2) is 6.33. The van der Waals surface area contributed by atoms with Crippen LogP contribution in [0.5, 0.6) is 0 Å². The molecule has 19 heavy (non-hydrogen) atoms. The molecule has 2 rings (SSSR count). The highest BCUT2D eigenvalue weighted by atomic mass is 79.9. The second-order valence-electron chi connectivity index (χ2n) is 4.11. The Morgan fingerprint density at radius 3 is 2.63 bits per heavy atom. The number of benzene rings is 1. The molecule has 0 aliphatic rings. The summed E-state index contributed by atoms with van der Waals surface area (Å²) in [6.45, 7) is 1.91. The fourth-order valence-corrected chi connectivity index (χ4v) is 1.88. The van der Waals surface area contributed by atoms with Gasteiger partial charge in [0.25, 0.3) is 0 Å². The standard InChI is InChI=1S/C14H14BrN3O/c1-10(11-3-2-8-16-9-11)17-14(19)18-13-6-4-12(15)5-7-13/h2-10H,1H3,(H2,17,18,19)/t10-/m0/s1. The van der Waals surface area contributed by atoms with Crippen molar-refractivity contribution < 1.29 is 4.79 Å². The van der Waals surface area contributed by atoms with Gasteiger partial charge in [-0.2, -0.15) is 0 Å². The fraction of sp³-hybridized carbons (Fsp3) is 0.143. The first-order valence-corrected chi connectivity index (χ1v) is 6.67. The maximum absolute atomic E-state index is 11.8. The molecule has 0 aliphatic heterocycles. The van der Waals surface area contributed by atoms with E-state index in [4.69, 9.17) is 0 Å². The number of carbonyl (C=O) groups excluding carboxylic acids is 1. The van der Waals surface area contributed by atoms with E-state index in [-0.39, 0.29) is 12.1 Å². The van der Waals surface area contributed by atoms with E-state index < -0.39 is 0 Å². The molecule has 1 heterocycles. The van der Waals surface area contributed by atoms with Crippen LogP contribution in [0.15, 0.2) is 53.3 Å². The van der Waals surface area contributed by atoms with E-state index >= 15 is 0 Å². The fourth-order valence-electron chi connectivity index (χ4n) is 1.61. The van der Waals surface area contributed by atoms with E-state index in [9.17, 15) is 4.79 Å². The zero-order valence-corrected chi connectivity index (χ0v) is 12.0. The number of anilines is 1. The number of aromatic nitrogens is 1. The summed E-state index contributed by atoms with van der Waals surface area (Å²) in [5, 5.41) is 5.64. The van der Waals surface area contributed by atoms with Crippen molar-refractivity contribution in [2.75, 3.05) is 5.32 Å². The number of nitrogens with one attached hydrogen (secondary N) is 2. The Kier molecular flexibility index (Phi) is 4.52. The van der Waals surface area contributed by atoms with Crippen molar-refractivity contribution in [2.24, 2.45) is 0 Å². The maximum Gasteiger partial charge on any atom is 0.319 e. The molecule has 4 nitrogen and oxygen atoms in total. The molecule has 1 aromatic carbocycles. The maximum atomic E-state index is 11.8. The normalized spacial score (nSPS) is 11.7. The van der Waals surface area contributed by atoms with Crippen molar-refractivity contribution in [3.8, 4) is 0 Å². The van der Waals surface area contributed by atoms with Gasteiger partial charge in [-0.15, -0.1) is 0 Å². The van der Waals surface area contributed by atoms with Gasteiger partial charge in [0.05, 0.1) is 6.04 Å². The number of halogens is 1. The van der Waals surface area contributed by atoms with Crippen LogP contribution in [0.3, 0.4) is 0 Å². The number of nitrogens with zero attached hydrogens (tertiary/aromatic N) is 1. The van der Waals surface area contributed by atoms with Crippen LogP contribution < -0.4 is 10.6 Å². The smallest absolute Gasteiger partial charge is 0.319 e. The van der Waals surface area contributed by atoms with Crippen LogP contribution in [0.25, 0.3) is 0 Å². The lowest BCUT2D eigenvalue weighted by molar-refractivity contribution is 0.249. The van der Waals surface area contributed by atoms with Crippen LogP contribution in [-0.4, -0.2) is 11.0 Å². The molecule has 2 amide bonds. The van der Waals surface area contributed by atoms with Crippen molar-refractivity contribution in [1.29, 1.82) is 0 Å². The molecule has 0 bridgehead atoms. The number of carbonyl (C=O) groups is 1. The summed E-state index contributed by atoms with van der Waals surface area (Å²) in [4.78, 5) is 15.9. The van der Waals surface area contributed by atoms with Crippen molar-refractivity contribution in [1.82, 2.24) is 10.3 Å². The van der Waals surface area contributed by atoms with Crippen molar-refractivity contribution in [2.45, 2.75) is 13.0 Å². The quantitative estimate of drug-likeness (QED) is 0.905. The van der Waals surface area contributed by atoms with E-state index in [0.717, 1.165) is 15.7 Å². The first-order chi connectivity index (χ1) is 9.15. The predicted octanol–water partition coefficient (Wildman–Crippen LogP) is 3.73. The van der Waals surface area contributed by atoms with Crippen molar-refractivity contribution in [3.05, 3.63) is 58.8 Å². The molecule has 98 valence electrons. The number of amides is 2. The minimum atomic E-state index is -0.237. The van der Waals surface area contributed by atoms with Gasteiger partial charge in [-0.1, -0.05) is 22.0 Å². The number of hydrogen-bond donors (Lipinski definition) is 2. The molecule has 0 fully saturated rings. The van der Waals surface area contributed by atoms with Gasteiger partial charge < -0.3 is 10.6 Å². The zero-order chi connectivity index (χ0) is 13.7. The monoisotopic (exact) mass is 319 g/mol. The van der Waals surface area contributed by atoms with Gasteiger partial charge in [-0.3, -0.25) is 4.98 Å². The minimum Gasteiger partial charge on any atom is -0.331 e. The molecule has 5 heteroatoms. The number of hydrogen-bond acceptors (Lipinski definition) is 2. The van der Waals surface area contributed by atoms with Gasteiger partial charge in [-0.05, 0) is 42.8 Å². The number of pyridine rings is 1. The van der Waals surface area contributed by atoms with E-state index in [1.807, 2.05) is 43.3 Å². The summed E-state index contributed by atoms with van der Waals surface area (Å²) in [5.74, 6) is 0. The molecule has 2 N–H and O–H groups in total. The SMILES string of the molecule is C[C@H](NC(=O)Nc1ccc(Br)cc1)c1cccnc1. The van der Waals surface area contributed by atoms with E-state index in [2.05, 4.69) is 31.5 Å². The topological polar surface area (TPSA) is 54.0 Å². The van der Waals surface area contributed by atoms with Gasteiger partial charge in [-0.25, -0.2) is 4.79 Å². The molecule has 1 aromatic heterocycles. The lowest BCUT2D eigenvalue weighted by Crippen LogP contribution is -2.31.